The van der Waals surface area contributed by atoms with Gasteiger partial charge in [-0.1, -0.05) is 24.0 Å². The topological polar surface area (TPSA) is 59.0 Å². The van der Waals surface area contributed by atoms with E-state index in [-0.39, 0.29) is 6.54 Å². The monoisotopic (exact) mass is 280 g/mol. The van der Waals surface area contributed by atoms with E-state index in [9.17, 15) is 4.39 Å². The molecule has 0 fully saturated rings. The van der Waals surface area contributed by atoms with Gasteiger partial charge in [0, 0.05) is 11.6 Å². The Hall–Kier alpha value is -2.82. The minimum atomic E-state index is -0.409. The van der Waals surface area contributed by atoms with Crippen molar-refractivity contribution < 1.29 is 9.13 Å². The summed E-state index contributed by atoms with van der Waals surface area (Å²) in [6.45, 7) is 0.511. The Morgan fingerprint density at radius 1 is 1.10 bits per heavy atom. The Morgan fingerprint density at radius 3 is 2.52 bits per heavy atom. The van der Waals surface area contributed by atoms with E-state index in [1.165, 1.54) is 12.1 Å². The van der Waals surface area contributed by atoms with Gasteiger partial charge < -0.3 is 10.5 Å². The zero-order chi connectivity index (χ0) is 15.1. The van der Waals surface area contributed by atoms with Crippen LogP contribution in [-0.2, 0) is 6.61 Å². The normalized spacial score (nSPS) is 9.38. The van der Waals surface area contributed by atoms with Crippen LogP contribution in [0.15, 0.2) is 42.5 Å². The molecule has 2 aromatic rings. The van der Waals surface area contributed by atoms with E-state index in [1.807, 2.05) is 6.07 Å². The first-order valence-corrected chi connectivity index (χ1v) is 6.32. The second-order valence-corrected chi connectivity index (χ2v) is 4.28. The quantitative estimate of drug-likeness (QED) is 0.879. The molecule has 0 amide bonds. The highest BCUT2D eigenvalue weighted by atomic mass is 19.1. The molecular weight excluding hydrogens is 267 g/mol. The fraction of sp³-hybridized carbons (Fsp3) is 0.118. The van der Waals surface area contributed by atoms with Crippen molar-refractivity contribution in [1.82, 2.24) is 0 Å². The molecule has 21 heavy (non-hydrogen) atoms. The molecule has 0 aliphatic rings. The Bertz CT molecular complexity index is 721. The molecular formula is C17H13FN2O. The van der Waals surface area contributed by atoms with Gasteiger partial charge in [-0.2, -0.15) is 5.26 Å². The van der Waals surface area contributed by atoms with E-state index in [0.29, 0.717) is 23.5 Å². The summed E-state index contributed by atoms with van der Waals surface area (Å²) >= 11 is 0. The molecule has 0 saturated heterocycles. The molecule has 0 spiro atoms. The standard InChI is InChI=1S/C17H13FN2O/c18-16-8-15(2-1-7-19)9-17(10-16)21-12-14-5-3-13(11-20)4-6-14/h3-6,8-10H,7,12,19H2. The fourth-order valence-electron chi connectivity index (χ4n) is 1.71. The number of rotatable bonds is 3. The highest BCUT2D eigenvalue weighted by molar-refractivity contribution is 5.40. The molecule has 0 aliphatic heterocycles. The average Bonchev–Trinajstić information content (AvgIpc) is 2.51. The van der Waals surface area contributed by atoms with Crippen LogP contribution >= 0.6 is 0 Å². The molecule has 2 aromatic carbocycles. The van der Waals surface area contributed by atoms with Crippen molar-refractivity contribution in [2.45, 2.75) is 6.61 Å². The van der Waals surface area contributed by atoms with Gasteiger partial charge in [-0.25, -0.2) is 4.39 Å². The molecule has 0 heterocycles. The van der Waals surface area contributed by atoms with Crippen molar-refractivity contribution in [3.63, 3.8) is 0 Å². The Morgan fingerprint density at radius 2 is 1.86 bits per heavy atom. The number of hydrogen-bond acceptors (Lipinski definition) is 3. The summed E-state index contributed by atoms with van der Waals surface area (Å²) in [6.07, 6.45) is 0. The smallest absolute Gasteiger partial charge is 0.128 e. The van der Waals surface area contributed by atoms with E-state index >= 15 is 0 Å². The molecule has 4 heteroatoms. The lowest BCUT2D eigenvalue weighted by Crippen LogP contribution is -1.97. The number of benzene rings is 2. The van der Waals surface area contributed by atoms with Crippen LogP contribution in [0.1, 0.15) is 16.7 Å². The number of nitrogens with two attached hydrogens (primary N) is 1. The Kier molecular flexibility index (Phi) is 4.93. The highest BCUT2D eigenvalue weighted by Crippen LogP contribution is 2.17. The molecule has 0 saturated carbocycles. The second-order valence-electron chi connectivity index (χ2n) is 4.28. The third kappa shape index (κ3) is 4.35. The van der Waals surface area contributed by atoms with Gasteiger partial charge in [-0.05, 0) is 29.8 Å². The Labute approximate surface area is 122 Å². The molecule has 3 nitrogen and oxygen atoms in total. The maximum atomic E-state index is 13.5. The first kappa shape index (κ1) is 14.6. The average molecular weight is 280 g/mol. The van der Waals surface area contributed by atoms with Gasteiger partial charge in [0.05, 0.1) is 18.2 Å². The molecule has 2 rings (SSSR count). The van der Waals surface area contributed by atoms with Crippen LogP contribution in [-0.4, -0.2) is 6.54 Å². The first-order valence-electron chi connectivity index (χ1n) is 6.32. The number of ether oxygens (including phenoxy) is 1. The predicted octanol–water partition coefficient (Wildman–Crippen LogP) is 2.59. The number of hydrogen-bond donors (Lipinski definition) is 1. The van der Waals surface area contributed by atoms with Gasteiger partial charge in [0.25, 0.3) is 0 Å². The molecule has 0 unspecified atom stereocenters. The molecule has 0 atom stereocenters. The van der Waals surface area contributed by atoms with Gasteiger partial charge in [0.2, 0.25) is 0 Å². The van der Waals surface area contributed by atoms with Gasteiger partial charge in [-0.3, -0.25) is 0 Å². The lowest BCUT2D eigenvalue weighted by Gasteiger charge is -2.07. The van der Waals surface area contributed by atoms with Crippen molar-refractivity contribution >= 4 is 0 Å². The highest BCUT2D eigenvalue weighted by Gasteiger charge is 2.01. The zero-order valence-corrected chi connectivity index (χ0v) is 11.3. The van der Waals surface area contributed by atoms with Crippen molar-refractivity contribution in [2.24, 2.45) is 5.73 Å². The van der Waals surface area contributed by atoms with Crippen LogP contribution in [0.2, 0.25) is 0 Å². The van der Waals surface area contributed by atoms with Gasteiger partial charge in [0.1, 0.15) is 18.2 Å². The summed E-state index contributed by atoms with van der Waals surface area (Å²) < 4.78 is 19.0. The third-order valence-electron chi connectivity index (χ3n) is 2.69. The van der Waals surface area contributed by atoms with Crippen LogP contribution in [0.3, 0.4) is 0 Å². The minimum absolute atomic E-state index is 0.220. The second kappa shape index (κ2) is 7.09. The summed E-state index contributed by atoms with van der Waals surface area (Å²) in [6, 6.07) is 13.4. The van der Waals surface area contributed by atoms with Gasteiger partial charge >= 0.3 is 0 Å². The molecule has 0 aliphatic carbocycles. The molecule has 0 radical (unpaired) electrons. The molecule has 2 N–H and O–H groups in total. The zero-order valence-electron chi connectivity index (χ0n) is 11.3. The van der Waals surface area contributed by atoms with E-state index in [2.05, 4.69) is 11.8 Å². The predicted molar refractivity (Wildman–Crippen MR) is 77.8 cm³/mol. The summed E-state index contributed by atoms with van der Waals surface area (Å²) in [5, 5.41) is 8.72. The van der Waals surface area contributed by atoms with Gasteiger partial charge in [-0.15, -0.1) is 0 Å². The maximum absolute atomic E-state index is 13.5. The SMILES string of the molecule is N#Cc1ccc(COc2cc(F)cc(C#CCN)c2)cc1. The van der Waals surface area contributed by atoms with Crippen molar-refractivity contribution in [1.29, 1.82) is 5.26 Å². The van der Waals surface area contributed by atoms with Crippen LogP contribution in [0, 0.1) is 29.0 Å². The van der Waals surface area contributed by atoms with Gasteiger partial charge in [0.15, 0.2) is 0 Å². The summed E-state index contributed by atoms with van der Waals surface area (Å²) in [5.41, 5.74) is 7.30. The number of nitrogens with zero attached hydrogens (tertiary/aromatic N) is 1. The van der Waals surface area contributed by atoms with Crippen LogP contribution < -0.4 is 10.5 Å². The lowest BCUT2D eigenvalue weighted by atomic mass is 10.1. The van der Waals surface area contributed by atoms with E-state index in [1.54, 1.807) is 30.3 Å². The van der Waals surface area contributed by atoms with E-state index in [0.717, 1.165) is 5.56 Å². The summed E-state index contributed by atoms with van der Waals surface area (Å²) in [7, 11) is 0. The van der Waals surface area contributed by atoms with Crippen molar-refractivity contribution in [3.05, 3.63) is 65.0 Å². The van der Waals surface area contributed by atoms with Crippen molar-refractivity contribution in [2.75, 3.05) is 6.54 Å². The third-order valence-corrected chi connectivity index (χ3v) is 2.69. The fourth-order valence-corrected chi connectivity index (χ4v) is 1.71. The van der Waals surface area contributed by atoms with Crippen LogP contribution in [0.5, 0.6) is 5.75 Å². The first-order chi connectivity index (χ1) is 10.2. The van der Waals surface area contributed by atoms with Crippen LogP contribution in [0.4, 0.5) is 4.39 Å². The maximum Gasteiger partial charge on any atom is 0.128 e. The molecule has 104 valence electrons. The minimum Gasteiger partial charge on any atom is -0.489 e. The van der Waals surface area contributed by atoms with Crippen molar-refractivity contribution in [3.8, 4) is 23.7 Å². The summed E-state index contributed by atoms with van der Waals surface area (Å²) in [5.74, 6) is 5.43. The number of nitriles is 1. The molecule has 0 aromatic heterocycles. The Balaban J connectivity index is 2.08. The van der Waals surface area contributed by atoms with E-state index in [4.69, 9.17) is 15.7 Å². The van der Waals surface area contributed by atoms with E-state index < -0.39 is 5.82 Å². The largest absolute Gasteiger partial charge is 0.489 e. The number of halogens is 1. The lowest BCUT2D eigenvalue weighted by molar-refractivity contribution is 0.304. The summed E-state index contributed by atoms with van der Waals surface area (Å²) in [4.78, 5) is 0. The molecule has 0 bridgehead atoms. The van der Waals surface area contributed by atoms with Crippen LogP contribution in [0.25, 0.3) is 0 Å².